The molecule has 134 valence electrons. The summed E-state index contributed by atoms with van der Waals surface area (Å²) in [7, 11) is 0. The van der Waals surface area contributed by atoms with Gasteiger partial charge in [0.15, 0.2) is 0 Å². The zero-order chi connectivity index (χ0) is 17.6. The molecule has 1 amide bonds. The number of alkyl halides is 3. The molecule has 2 N–H and O–H groups in total. The predicted octanol–water partition coefficient (Wildman–Crippen LogP) is 3.36. The fourth-order valence-corrected chi connectivity index (χ4v) is 3.17. The number of anilines is 2. The third kappa shape index (κ3) is 5.31. The minimum Gasteiger partial charge on any atom is -0.396 e. The van der Waals surface area contributed by atoms with Crippen molar-refractivity contribution in [3.63, 3.8) is 0 Å². The molecule has 1 aromatic rings. The lowest BCUT2D eigenvalue weighted by atomic mass is 10.1. The average Bonchev–Trinajstić information content (AvgIpc) is 2.55. The first kappa shape index (κ1) is 18.9. The van der Waals surface area contributed by atoms with E-state index in [4.69, 9.17) is 5.11 Å². The van der Waals surface area contributed by atoms with Gasteiger partial charge in [-0.2, -0.15) is 13.2 Å². The maximum Gasteiger partial charge on any atom is 0.416 e. The summed E-state index contributed by atoms with van der Waals surface area (Å²) in [6.07, 6.45) is -1.37. The third-order valence-electron chi connectivity index (χ3n) is 3.76. The molecular formula is C16H21F3N2O2S. The number of hydrogen-bond acceptors (Lipinski definition) is 4. The number of carbonyl (C=O) groups excluding carboxylic acids is 1. The molecule has 4 nitrogen and oxygen atoms in total. The molecule has 0 atom stereocenters. The molecule has 0 spiro atoms. The van der Waals surface area contributed by atoms with Gasteiger partial charge in [-0.3, -0.25) is 4.79 Å². The van der Waals surface area contributed by atoms with Crippen LogP contribution in [-0.2, 0) is 11.0 Å². The van der Waals surface area contributed by atoms with Crippen LogP contribution in [0.15, 0.2) is 18.2 Å². The minimum atomic E-state index is -4.45. The lowest BCUT2D eigenvalue weighted by Crippen LogP contribution is -2.30. The summed E-state index contributed by atoms with van der Waals surface area (Å²) in [5, 5.41) is 11.3. The first-order chi connectivity index (χ1) is 11.4. The van der Waals surface area contributed by atoms with Gasteiger partial charge in [-0.15, -0.1) is 11.8 Å². The molecule has 1 aliphatic heterocycles. The zero-order valence-electron chi connectivity index (χ0n) is 13.2. The summed E-state index contributed by atoms with van der Waals surface area (Å²) < 4.78 is 38.9. The van der Waals surface area contributed by atoms with Crippen LogP contribution in [0.3, 0.4) is 0 Å². The smallest absolute Gasteiger partial charge is 0.396 e. The van der Waals surface area contributed by atoms with Gasteiger partial charge in [0.2, 0.25) is 5.91 Å². The largest absolute Gasteiger partial charge is 0.416 e. The number of rotatable bonds is 6. The number of thioether (sulfide) groups is 1. The molecule has 1 aliphatic rings. The normalized spacial score (nSPS) is 15.4. The van der Waals surface area contributed by atoms with E-state index in [1.807, 2.05) is 4.90 Å². The first-order valence-corrected chi connectivity index (χ1v) is 9.02. The third-order valence-corrected chi connectivity index (χ3v) is 4.70. The maximum absolute atomic E-state index is 13.0. The Labute approximate surface area is 143 Å². The van der Waals surface area contributed by atoms with Gasteiger partial charge in [0, 0.05) is 18.8 Å². The van der Waals surface area contributed by atoms with E-state index >= 15 is 0 Å². The number of nitrogens with one attached hydrogen (secondary N) is 1. The Balaban J connectivity index is 2.21. The van der Waals surface area contributed by atoms with E-state index in [0.717, 1.165) is 44.5 Å². The number of halogens is 3. The van der Waals surface area contributed by atoms with Gasteiger partial charge in [-0.05, 0) is 37.5 Å². The Morgan fingerprint density at radius 3 is 2.58 bits per heavy atom. The Bertz CT molecular complexity index is 561. The van der Waals surface area contributed by atoms with E-state index in [1.165, 1.54) is 17.8 Å². The minimum absolute atomic E-state index is 0.0411. The van der Waals surface area contributed by atoms with Crippen molar-refractivity contribution in [2.75, 3.05) is 41.4 Å². The summed E-state index contributed by atoms with van der Waals surface area (Å²) in [5.41, 5.74) is 0.0473. The first-order valence-electron chi connectivity index (χ1n) is 7.86. The lowest BCUT2D eigenvalue weighted by molar-refractivity contribution is -0.137. The van der Waals surface area contributed by atoms with E-state index in [0.29, 0.717) is 11.4 Å². The number of piperidine rings is 1. The quantitative estimate of drug-likeness (QED) is 0.762. The highest BCUT2D eigenvalue weighted by Crippen LogP contribution is 2.36. The Hall–Kier alpha value is -1.41. The number of amides is 1. The number of nitrogens with zero attached hydrogens (tertiary/aromatic N) is 1. The molecule has 0 radical (unpaired) electrons. The van der Waals surface area contributed by atoms with Gasteiger partial charge in [0.05, 0.1) is 29.3 Å². The van der Waals surface area contributed by atoms with Crippen LogP contribution < -0.4 is 10.2 Å². The highest BCUT2D eigenvalue weighted by molar-refractivity contribution is 7.99. The van der Waals surface area contributed by atoms with Gasteiger partial charge in [-0.25, -0.2) is 0 Å². The van der Waals surface area contributed by atoms with Crippen LogP contribution in [0.2, 0.25) is 0 Å². The van der Waals surface area contributed by atoms with E-state index in [1.54, 1.807) is 0 Å². The summed E-state index contributed by atoms with van der Waals surface area (Å²) >= 11 is 1.23. The van der Waals surface area contributed by atoms with Gasteiger partial charge < -0.3 is 15.3 Å². The molecule has 1 heterocycles. The molecule has 2 rings (SSSR count). The molecule has 0 bridgehead atoms. The van der Waals surface area contributed by atoms with Crippen LogP contribution >= 0.6 is 11.8 Å². The van der Waals surface area contributed by atoms with Crippen LogP contribution in [0.4, 0.5) is 24.5 Å². The van der Waals surface area contributed by atoms with Gasteiger partial charge >= 0.3 is 6.18 Å². The average molecular weight is 362 g/mol. The number of aliphatic hydroxyl groups is 1. The van der Waals surface area contributed by atoms with Crippen molar-refractivity contribution in [1.29, 1.82) is 0 Å². The zero-order valence-corrected chi connectivity index (χ0v) is 14.1. The predicted molar refractivity (Wildman–Crippen MR) is 90.5 cm³/mol. The summed E-state index contributed by atoms with van der Waals surface area (Å²) in [6.45, 7) is 1.50. The van der Waals surface area contributed by atoms with Gasteiger partial charge in [0.1, 0.15) is 0 Å². The van der Waals surface area contributed by atoms with Crippen molar-refractivity contribution in [3.05, 3.63) is 23.8 Å². The topological polar surface area (TPSA) is 52.6 Å². The maximum atomic E-state index is 13.0. The van der Waals surface area contributed by atoms with Crippen LogP contribution in [-0.4, -0.2) is 42.2 Å². The molecule has 8 heteroatoms. The fraction of sp³-hybridized carbons (Fsp3) is 0.562. The van der Waals surface area contributed by atoms with E-state index in [2.05, 4.69) is 5.32 Å². The molecular weight excluding hydrogens is 341 g/mol. The second-order valence-corrected chi connectivity index (χ2v) is 6.71. The molecule has 0 aliphatic carbocycles. The molecule has 24 heavy (non-hydrogen) atoms. The highest BCUT2D eigenvalue weighted by Gasteiger charge is 2.31. The van der Waals surface area contributed by atoms with E-state index in [9.17, 15) is 18.0 Å². The molecule has 1 fully saturated rings. The molecule has 0 unspecified atom stereocenters. The number of carbonyl (C=O) groups is 1. The summed E-state index contributed by atoms with van der Waals surface area (Å²) in [5.74, 6) is 0.136. The summed E-state index contributed by atoms with van der Waals surface area (Å²) in [4.78, 5) is 14.0. The van der Waals surface area contributed by atoms with E-state index < -0.39 is 11.7 Å². The van der Waals surface area contributed by atoms with Crippen molar-refractivity contribution in [3.8, 4) is 0 Å². The number of benzene rings is 1. The van der Waals surface area contributed by atoms with Crippen LogP contribution in [0.1, 0.15) is 24.8 Å². The van der Waals surface area contributed by atoms with Crippen molar-refractivity contribution in [1.82, 2.24) is 0 Å². The van der Waals surface area contributed by atoms with Crippen molar-refractivity contribution < 1.29 is 23.1 Å². The Morgan fingerprint density at radius 1 is 1.25 bits per heavy atom. The number of aliphatic hydroxyl groups excluding tert-OH is 1. The molecule has 0 saturated carbocycles. The number of hydrogen-bond donors (Lipinski definition) is 2. The second-order valence-electron chi connectivity index (χ2n) is 5.60. The molecule has 1 saturated heterocycles. The van der Waals surface area contributed by atoms with Gasteiger partial charge in [-0.1, -0.05) is 0 Å². The van der Waals surface area contributed by atoms with Crippen molar-refractivity contribution >= 4 is 29.0 Å². The second kappa shape index (κ2) is 8.62. The Kier molecular flexibility index (Phi) is 6.79. The Morgan fingerprint density at radius 2 is 1.96 bits per heavy atom. The SMILES string of the molecule is O=C(CSCCO)Nc1cc(C(F)(F)F)ccc1N1CCCCC1. The molecule has 1 aromatic carbocycles. The highest BCUT2D eigenvalue weighted by atomic mass is 32.2. The fourth-order valence-electron chi connectivity index (χ4n) is 2.64. The monoisotopic (exact) mass is 362 g/mol. The van der Waals surface area contributed by atoms with Crippen LogP contribution in [0, 0.1) is 0 Å². The molecule has 0 aromatic heterocycles. The van der Waals surface area contributed by atoms with Gasteiger partial charge in [0.25, 0.3) is 0 Å². The van der Waals surface area contributed by atoms with Crippen LogP contribution in [0.5, 0.6) is 0 Å². The summed E-state index contributed by atoms with van der Waals surface area (Å²) in [6, 6.07) is 3.49. The van der Waals surface area contributed by atoms with Crippen LogP contribution in [0.25, 0.3) is 0 Å². The van der Waals surface area contributed by atoms with E-state index in [-0.39, 0.29) is 24.0 Å². The standard InChI is InChI=1S/C16H21F3N2O2S/c17-16(18,19)12-4-5-14(21-6-2-1-3-7-21)13(10-12)20-15(23)11-24-9-8-22/h4-5,10,22H,1-3,6-9,11H2,(H,20,23). The van der Waals surface area contributed by atoms with Crippen molar-refractivity contribution in [2.24, 2.45) is 0 Å². The lowest BCUT2D eigenvalue weighted by Gasteiger charge is -2.31. The van der Waals surface area contributed by atoms with Crippen molar-refractivity contribution in [2.45, 2.75) is 25.4 Å².